The van der Waals surface area contributed by atoms with Gasteiger partial charge < -0.3 is 5.11 Å². The summed E-state index contributed by atoms with van der Waals surface area (Å²) in [6.07, 6.45) is 5.42. The molecule has 0 saturated carbocycles. The molecule has 0 fully saturated rings. The van der Waals surface area contributed by atoms with Crippen LogP contribution >= 0.6 is 0 Å². The van der Waals surface area contributed by atoms with Crippen LogP contribution in [0.25, 0.3) is 0 Å². The SMILES string of the molecule is Cc1cc(C=O)c(O)c(C=Nc2cccnc2)c1. The monoisotopic (exact) mass is 240 g/mol. The summed E-state index contributed by atoms with van der Waals surface area (Å²) in [5.41, 5.74) is 2.36. The maximum atomic E-state index is 10.8. The summed E-state index contributed by atoms with van der Waals surface area (Å²) in [5.74, 6) is -0.0526. The van der Waals surface area contributed by atoms with Crippen molar-refractivity contribution in [2.45, 2.75) is 6.92 Å². The highest BCUT2D eigenvalue weighted by molar-refractivity contribution is 5.91. The van der Waals surface area contributed by atoms with E-state index in [-0.39, 0.29) is 11.3 Å². The number of hydrogen-bond donors (Lipinski definition) is 1. The number of aromatic nitrogens is 1. The lowest BCUT2D eigenvalue weighted by molar-refractivity contribution is 0.112. The van der Waals surface area contributed by atoms with Gasteiger partial charge in [0.25, 0.3) is 0 Å². The largest absolute Gasteiger partial charge is 0.507 e. The van der Waals surface area contributed by atoms with Gasteiger partial charge in [0.15, 0.2) is 6.29 Å². The van der Waals surface area contributed by atoms with Gasteiger partial charge in [-0.05, 0) is 36.8 Å². The molecule has 0 radical (unpaired) electrons. The molecule has 0 aliphatic carbocycles. The number of phenols is 1. The van der Waals surface area contributed by atoms with Crippen LogP contribution in [0.5, 0.6) is 5.75 Å². The average Bonchev–Trinajstić information content (AvgIpc) is 2.40. The number of rotatable bonds is 3. The summed E-state index contributed by atoms with van der Waals surface area (Å²) in [7, 11) is 0. The van der Waals surface area contributed by atoms with Gasteiger partial charge in [0.2, 0.25) is 0 Å². The third-order valence-corrected chi connectivity index (χ3v) is 2.44. The van der Waals surface area contributed by atoms with E-state index >= 15 is 0 Å². The first-order chi connectivity index (χ1) is 8.70. The highest BCUT2D eigenvalue weighted by Crippen LogP contribution is 2.22. The quantitative estimate of drug-likeness (QED) is 0.662. The Kier molecular flexibility index (Phi) is 3.48. The number of aliphatic imine (C=N–C) groups is 1. The Morgan fingerprint density at radius 2 is 2.11 bits per heavy atom. The van der Waals surface area contributed by atoms with E-state index in [0.29, 0.717) is 17.5 Å². The van der Waals surface area contributed by atoms with Crippen molar-refractivity contribution >= 4 is 18.2 Å². The number of aromatic hydroxyl groups is 1. The molecule has 1 N–H and O–H groups in total. The molecule has 0 spiro atoms. The van der Waals surface area contributed by atoms with Gasteiger partial charge in [0.05, 0.1) is 17.4 Å². The maximum Gasteiger partial charge on any atom is 0.153 e. The molecule has 0 aliphatic rings. The number of aryl methyl sites for hydroxylation is 1. The van der Waals surface area contributed by atoms with Gasteiger partial charge in [-0.2, -0.15) is 0 Å². The van der Waals surface area contributed by atoms with E-state index in [1.54, 1.807) is 36.7 Å². The van der Waals surface area contributed by atoms with Crippen LogP contribution in [0, 0.1) is 6.92 Å². The predicted octanol–water partition coefficient (Wildman–Crippen LogP) is 2.66. The molecular formula is C14H12N2O2. The van der Waals surface area contributed by atoms with Crippen LogP contribution in [0.1, 0.15) is 21.5 Å². The smallest absolute Gasteiger partial charge is 0.153 e. The Hall–Kier alpha value is -2.49. The second-order valence-electron chi connectivity index (χ2n) is 3.88. The number of phenolic OH excluding ortho intramolecular Hbond substituents is 1. The molecule has 0 aliphatic heterocycles. The minimum atomic E-state index is -0.0526. The van der Waals surface area contributed by atoms with Crippen LogP contribution in [0.15, 0.2) is 41.7 Å². The second-order valence-corrected chi connectivity index (χ2v) is 3.88. The van der Waals surface area contributed by atoms with Crippen molar-refractivity contribution in [1.82, 2.24) is 4.98 Å². The zero-order valence-electron chi connectivity index (χ0n) is 9.87. The summed E-state index contributed by atoms with van der Waals surface area (Å²) >= 11 is 0. The molecule has 0 bridgehead atoms. The van der Waals surface area contributed by atoms with Crippen LogP contribution in [-0.4, -0.2) is 22.6 Å². The average molecular weight is 240 g/mol. The first-order valence-corrected chi connectivity index (χ1v) is 5.43. The first kappa shape index (κ1) is 12.0. The van der Waals surface area contributed by atoms with Crippen molar-refractivity contribution in [3.63, 3.8) is 0 Å². The number of aldehydes is 1. The van der Waals surface area contributed by atoms with Crippen LogP contribution in [0.3, 0.4) is 0 Å². The molecule has 1 aromatic heterocycles. The van der Waals surface area contributed by atoms with Crippen molar-refractivity contribution in [3.05, 3.63) is 53.3 Å². The summed E-state index contributed by atoms with van der Waals surface area (Å²) in [6.45, 7) is 1.86. The molecule has 0 atom stereocenters. The fourth-order valence-electron chi connectivity index (χ4n) is 1.60. The van der Waals surface area contributed by atoms with E-state index in [1.165, 1.54) is 6.21 Å². The van der Waals surface area contributed by atoms with Crippen LogP contribution in [-0.2, 0) is 0 Å². The predicted molar refractivity (Wildman–Crippen MR) is 69.7 cm³/mol. The van der Waals surface area contributed by atoms with Crippen molar-refractivity contribution in [2.24, 2.45) is 4.99 Å². The minimum Gasteiger partial charge on any atom is -0.507 e. The van der Waals surface area contributed by atoms with E-state index in [9.17, 15) is 9.90 Å². The lowest BCUT2D eigenvalue weighted by atomic mass is 10.1. The number of benzene rings is 1. The van der Waals surface area contributed by atoms with Gasteiger partial charge >= 0.3 is 0 Å². The molecule has 18 heavy (non-hydrogen) atoms. The molecule has 1 aromatic carbocycles. The normalized spacial score (nSPS) is 10.7. The Labute approximate surface area is 105 Å². The summed E-state index contributed by atoms with van der Waals surface area (Å²) < 4.78 is 0. The van der Waals surface area contributed by atoms with Gasteiger partial charge in [-0.15, -0.1) is 0 Å². The zero-order chi connectivity index (χ0) is 13.0. The molecule has 0 amide bonds. The van der Waals surface area contributed by atoms with Gasteiger partial charge in [-0.25, -0.2) is 0 Å². The highest BCUT2D eigenvalue weighted by atomic mass is 16.3. The van der Waals surface area contributed by atoms with Crippen molar-refractivity contribution in [1.29, 1.82) is 0 Å². The molecule has 1 heterocycles. The summed E-state index contributed by atoms with van der Waals surface area (Å²) in [5, 5.41) is 9.85. The number of pyridine rings is 1. The topological polar surface area (TPSA) is 62.5 Å². The van der Waals surface area contributed by atoms with Gasteiger partial charge in [0.1, 0.15) is 5.75 Å². The Morgan fingerprint density at radius 3 is 2.78 bits per heavy atom. The Morgan fingerprint density at radius 1 is 1.33 bits per heavy atom. The van der Waals surface area contributed by atoms with Crippen molar-refractivity contribution in [3.8, 4) is 5.75 Å². The maximum absolute atomic E-state index is 10.8. The molecule has 4 nitrogen and oxygen atoms in total. The van der Waals surface area contributed by atoms with E-state index in [0.717, 1.165) is 5.56 Å². The van der Waals surface area contributed by atoms with E-state index in [2.05, 4.69) is 9.98 Å². The standard InChI is InChI=1S/C14H12N2O2/c1-10-5-11(14(18)12(6-10)9-17)7-16-13-3-2-4-15-8-13/h2-9,18H,1H3. The number of carbonyl (C=O) groups excluding carboxylic acids is 1. The molecule has 0 unspecified atom stereocenters. The minimum absolute atomic E-state index is 0.0526. The molecular weight excluding hydrogens is 228 g/mol. The molecule has 0 saturated heterocycles. The molecule has 2 aromatic rings. The van der Waals surface area contributed by atoms with E-state index in [4.69, 9.17) is 0 Å². The second kappa shape index (κ2) is 5.23. The highest BCUT2D eigenvalue weighted by Gasteiger charge is 2.06. The van der Waals surface area contributed by atoms with Crippen LogP contribution < -0.4 is 0 Å². The third-order valence-electron chi connectivity index (χ3n) is 2.44. The van der Waals surface area contributed by atoms with Crippen LogP contribution in [0.4, 0.5) is 5.69 Å². The van der Waals surface area contributed by atoms with Crippen molar-refractivity contribution in [2.75, 3.05) is 0 Å². The molecule has 4 heteroatoms. The van der Waals surface area contributed by atoms with E-state index < -0.39 is 0 Å². The van der Waals surface area contributed by atoms with Gasteiger partial charge in [-0.1, -0.05) is 0 Å². The molecule has 2 rings (SSSR count). The van der Waals surface area contributed by atoms with Crippen molar-refractivity contribution < 1.29 is 9.90 Å². The number of carbonyl (C=O) groups is 1. The Bertz CT molecular complexity index is 592. The zero-order valence-corrected chi connectivity index (χ0v) is 9.87. The van der Waals surface area contributed by atoms with Gasteiger partial charge in [0, 0.05) is 18.0 Å². The summed E-state index contributed by atoms with van der Waals surface area (Å²) in [4.78, 5) is 18.9. The fraction of sp³-hybridized carbons (Fsp3) is 0.0714. The summed E-state index contributed by atoms with van der Waals surface area (Å²) in [6, 6.07) is 6.97. The number of hydrogen-bond acceptors (Lipinski definition) is 4. The fourth-order valence-corrected chi connectivity index (χ4v) is 1.60. The Balaban J connectivity index is 2.37. The van der Waals surface area contributed by atoms with Crippen LogP contribution in [0.2, 0.25) is 0 Å². The van der Waals surface area contributed by atoms with Gasteiger partial charge in [-0.3, -0.25) is 14.8 Å². The van der Waals surface area contributed by atoms with E-state index in [1.807, 2.05) is 6.92 Å². The first-order valence-electron chi connectivity index (χ1n) is 5.43. The molecule has 90 valence electrons. The third kappa shape index (κ3) is 2.60. The number of nitrogens with zero attached hydrogens (tertiary/aromatic N) is 2. The lowest BCUT2D eigenvalue weighted by Gasteiger charge is -2.03. The lowest BCUT2D eigenvalue weighted by Crippen LogP contribution is -1.90.